The molecule has 0 aromatic carbocycles. The van der Waals surface area contributed by atoms with Gasteiger partial charge in [0, 0.05) is 0 Å². The fourth-order valence-corrected chi connectivity index (χ4v) is 0.518. The number of aliphatic carboxylic acids is 1. The Bertz CT molecular complexity index is 183. The van der Waals surface area contributed by atoms with Gasteiger partial charge in [-0.2, -0.15) is 0 Å². The molecular formula is C8H12O4. The topological polar surface area (TPSA) is 63.6 Å². The van der Waals surface area contributed by atoms with Crippen molar-refractivity contribution in [1.82, 2.24) is 0 Å². The monoisotopic (exact) mass is 172 g/mol. The van der Waals surface area contributed by atoms with E-state index in [1.54, 1.807) is 12.2 Å². The molecule has 0 radical (unpaired) electrons. The average molecular weight is 172 g/mol. The van der Waals surface area contributed by atoms with Crippen LogP contribution in [0.25, 0.3) is 0 Å². The molecule has 0 saturated heterocycles. The van der Waals surface area contributed by atoms with Crippen LogP contribution in [0.15, 0.2) is 12.2 Å². The zero-order valence-electron chi connectivity index (χ0n) is 6.95. The minimum Gasteiger partial charge on any atom is -0.481 e. The minimum atomic E-state index is -0.988. The van der Waals surface area contributed by atoms with E-state index in [-0.39, 0.29) is 19.4 Å². The standard InChI is InChI=1S/C8H12O4/c1-2-3-6-12-8(11)5-4-7(9)10/h2-3H,4-6H2,1H3,(H,9,10). The first-order valence-corrected chi connectivity index (χ1v) is 3.65. The van der Waals surface area contributed by atoms with E-state index in [4.69, 9.17) is 5.11 Å². The van der Waals surface area contributed by atoms with Crippen LogP contribution in [0.3, 0.4) is 0 Å². The molecule has 0 aromatic heterocycles. The number of carbonyl (C=O) groups excluding carboxylic acids is 1. The maximum atomic E-state index is 10.7. The van der Waals surface area contributed by atoms with E-state index in [0.29, 0.717) is 0 Å². The van der Waals surface area contributed by atoms with Crippen molar-refractivity contribution >= 4 is 11.9 Å². The van der Waals surface area contributed by atoms with Crippen molar-refractivity contribution in [3.8, 4) is 0 Å². The summed E-state index contributed by atoms with van der Waals surface area (Å²) in [7, 11) is 0. The maximum Gasteiger partial charge on any atom is 0.306 e. The largest absolute Gasteiger partial charge is 0.481 e. The zero-order chi connectivity index (χ0) is 9.40. The van der Waals surface area contributed by atoms with Crippen LogP contribution in [0.2, 0.25) is 0 Å². The number of allylic oxidation sites excluding steroid dienone is 1. The first-order valence-electron chi connectivity index (χ1n) is 3.65. The van der Waals surface area contributed by atoms with Gasteiger partial charge in [-0.1, -0.05) is 12.2 Å². The molecule has 0 aliphatic rings. The Morgan fingerprint density at radius 2 is 2.08 bits per heavy atom. The van der Waals surface area contributed by atoms with Crippen LogP contribution >= 0.6 is 0 Å². The van der Waals surface area contributed by atoms with E-state index in [1.807, 2.05) is 6.92 Å². The Kier molecular flexibility index (Phi) is 5.69. The van der Waals surface area contributed by atoms with Crippen molar-refractivity contribution in [2.75, 3.05) is 6.61 Å². The van der Waals surface area contributed by atoms with Crippen LogP contribution in [-0.2, 0) is 14.3 Å². The fourth-order valence-electron chi connectivity index (χ4n) is 0.518. The number of carboxylic acid groups (broad SMARTS) is 1. The van der Waals surface area contributed by atoms with Gasteiger partial charge < -0.3 is 9.84 Å². The molecular weight excluding hydrogens is 160 g/mol. The van der Waals surface area contributed by atoms with E-state index in [2.05, 4.69) is 4.74 Å². The molecule has 4 nitrogen and oxygen atoms in total. The SMILES string of the molecule is CC=CCOC(=O)CCC(=O)O. The lowest BCUT2D eigenvalue weighted by Gasteiger charge is -1.98. The van der Waals surface area contributed by atoms with Gasteiger partial charge in [0.15, 0.2) is 0 Å². The second-order valence-corrected chi connectivity index (χ2v) is 2.15. The number of carboxylic acids is 1. The summed E-state index contributed by atoms with van der Waals surface area (Å²) in [6.45, 7) is 2.03. The summed E-state index contributed by atoms with van der Waals surface area (Å²) in [5, 5.41) is 8.21. The van der Waals surface area contributed by atoms with Gasteiger partial charge in [-0.3, -0.25) is 9.59 Å². The van der Waals surface area contributed by atoms with Crippen molar-refractivity contribution in [2.24, 2.45) is 0 Å². The third kappa shape index (κ3) is 6.80. The molecule has 0 aromatic rings. The Labute approximate surface area is 70.8 Å². The smallest absolute Gasteiger partial charge is 0.306 e. The summed E-state index contributed by atoms with van der Waals surface area (Å²) < 4.78 is 4.64. The number of ether oxygens (including phenoxy) is 1. The van der Waals surface area contributed by atoms with Crippen molar-refractivity contribution in [2.45, 2.75) is 19.8 Å². The van der Waals surface area contributed by atoms with Crippen molar-refractivity contribution in [1.29, 1.82) is 0 Å². The predicted molar refractivity (Wildman–Crippen MR) is 42.6 cm³/mol. The van der Waals surface area contributed by atoms with Gasteiger partial charge in [-0.15, -0.1) is 0 Å². The number of hydrogen-bond acceptors (Lipinski definition) is 3. The van der Waals surface area contributed by atoms with E-state index in [0.717, 1.165) is 0 Å². The van der Waals surface area contributed by atoms with Crippen molar-refractivity contribution < 1.29 is 19.4 Å². The Morgan fingerprint density at radius 1 is 1.42 bits per heavy atom. The van der Waals surface area contributed by atoms with Gasteiger partial charge in [0.1, 0.15) is 6.61 Å². The minimum absolute atomic E-state index is 0.0626. The molecule has 4 heteroatoms. The quantitative estimate of drug-likeness (QED) is 0.495. The second-order valence-electron chi connectivity index (χ2n) is 2.15. The van der Waals surface area contributed by atoms with Crippen molar-refractivity contribution in [3.63, 3.8) is 0 Å². The summed E-state index contributed by atoms with van der Waals surface area (Å²) in [6, 6.07) is 0. The highest BCUT2D eigenvalue weighted by Crippen LogP contribution is 1.92. The molecule has 0 unspecified atom stereocenters. The normalized spacial score (nSPS) is 10.1. The van der Waals surface area contributed by atoms with Crippen LogP contribution in [0.4, 0.5) is 0 Å². The number of rotatable bonds is 5. The first-order chi connectivity index (χ1) is 5.66. The van der Waals surface area contributed by atoms with Gasteiger partial charge in [-0.25, -0.2) is 0 Å². The van der Waals surface area contributed by atoms with Crippen LogP contribution in [0.1, 0.15) is 19.8 Å². The molecule has 0 heterocycles. The third-order valence-electron chi connectivity index (χ3n) is 1.12. The summed E-state index contributed by atoms with van der Waals surface area (Å²) in [5.41, 5.74) is 0. The summed E-state index contributed by atoms with van der Waals surface area (Å²) in [5.74, 6) is -1.46. The average Bonchev–Trinajstić information content (AvgIpc) is 2.01. The van der Waals surface area contributed by atoms with Crippen LogP contribution in [-0.4, -0.2) is 23.7 Å². The summed E-state index contributed by atoms with van der Waals surface area (Å²) >= 11 is 0. The fraction of sp³-hybridized carbons (Fsp3) is 0.500. The van der Waals surface area contributed by atoms with Gasteiger partial charge in [0.05, 0.1) is 12.8 Å². The van der Waals surface area contributed by atoms with Gasteiger partial charge in [0.2, 0.25) is 0 Å². The lowest BCUT2D eigenvalue weighted by atomic mass is 10.3. The highest BCUT2D eigenvalue weighted by Gasteiger charge is 2.04. The van der Waals surface area contributed by atoms with Crippen LogP contribution in [0.5, 0.6) is 0 Å². The van der Waals surface area contributed by atoms with Crippen molar-refractivity contribution in [3.05, 3.63) is 12.2 Å². The molecule has 0 aliphatic heterocycles. The molecule has 68 valence electrons. The Balaban J connectivity index is 3.40. The molecule has 1 N–H and O–H groups in total. The highest BCUT2D eigenvalue weighted by molar-refractivity contribution is 5.76. The zero-order valence-corrected chi connectivity index (χ0v) is 6.95. The molecule has 0 amide bonds. The molecule has 0 rings (SSSR count). The van der Waals surface area contributed by atoms with Gasteiger partial charge >= 0.3 is 11.9 Å². The van der Waals surface area contributed by atoms with E-state index < -0.39 is 11.9 Å². The van der Waals surface area contributed by atoms with E-state index in [9.17, 15) is 9.59 Å². The Morgan fingerprint density at radius 3 is 2.58 bits per heavy atom. The molecule has 0 bridgehead atoms. The second kappa shape index (κ2) is 6.39. The lowest BCUT2D eigenvalue weighted by molar-refractivity contribution is -0.146. The van der Waals surface area contributed by atoms with Gasteiger partial charge in [0.25, 0.3) is 0 Å². The highest BCUT2D eigenvalue weighted by atomic mass is 16.5. The maximum absolute atomic E-state index is 10.7. The number of hydrogen-bond donors (Lipinski definition) is 1. The third-order valence-corrected chi connectivity index (χ3v) is 1.12. The number of esters is 1. The van der Waals surface area contributed by atoms with E-state index >= 15 is 0 Å². The summed E-state index contributed by atoms with van der Waals surface area (Å²) in [6.07, 6.45) is 3.20. The molecule has 0 saturated carbocycles. The molecule has 0 atom stereocenters. The predicted octanol–water partition coefficient (Wildman–Crippen LogP) is 0.970. The molecule has 0 fully saturated rings. The van der Waals surface area contributed by atoms with Crippen LogP contribution < -0.4 is 0 Å². The molecule has 12 heavy (non-hydrogen) atoms. The van der Waals surface area contributed by atoms with E-state index in [1.165, 1.54) is 0 Å². The molecule has 0 spiro atoms. The summed E-state index contributed by atoms with van der Waals surface area (Å²) in [4.78, 5) is 20.7. The van der Waals surface area contributed by atoms with Crippen LogP contribution in [0, 0.1) is 0 Å². The first kappa shape index (κ1) is 10.7. The number of carbonyl (C=O) groups is 2. The van der Waals surface area contributed by atoms with Gasteiger partial charge in [-0.05, 0) is 6.92 Å². The Hall–Kier alpha value is -1.32. The lowest BCUT2D eigenvalue weighted by Crippen LogP contribution is -2.07. The molecule has 0 aliphatic carbocycles.